The molecule has 0 aliphatic heterocycles. The first-order chi connectivity index (χ1) is 14.3. The van der Waals surface area contributed by atoms with Gasteiger partial charge in [-0.3, -0.25) is 9.59 Å². The van der Waals surface area contributed by atoms with Crippen LogP contribution in [0.15, 0.2) is 27.7 Å². The van der Waals surface area contributed by atoms with E-state index in [4.69, 9.17) is 21.3 Å². The number of carbonyl (C=O) groups is 2. The molecule has 30 heavy (non-hydrogen) atoms. The largest absolute Gasteiger partial charge is 0.438 e. The van der Waals surface area contributed by atoms with Crippen molar-refractivity contribution in [1.82, 2.24) is 19.5 Å². The molecule has 2 amide bonds. The number of carbonyl (C=O) groups excluding carboxylic acids is 2. The predicted octanol–water partition coefficient (Wildman–Crippen LogP) is 1.06. The fourth-order valence-electron chi connectivity index (χ4n) is 2.80. The van der Waals surface area contributed by atoms with Crippen LogP contribution in [-0.2, 0) is 24.8 Å². The number of primary amides is 1. The normalized spacial score (nSPS) is 12.0. The number of oxazole rings is 1. The van der Waals surface area contributed by atoms with Crippen molar-refractivity contribution in [3.63, 3.8) is 0 Å². The first-order valence-electron chi connectivity index (χ1n) is 8.73. The summed E-state index contributed by atoms with van der Waals surface area (Å²) < 4.78 is 7.78. The second kappa shape index (κ2) is 8.69. The summed E-state index contributed by atoms with van der Waals surface area (Å²) in [5.41, 5.74) is 14.4. The Hall–Kier alpha value is -3.80. The van der Waals surface area contributed by atoms with Crippen LogP contribution >= 0.6 is 11.3 Å². The summed E-state index contributed by atoms with van der Waals surface area (Å²) in [7, 11) is 1.89. The molecule has 12 heteroatoms. The Balaban J connectivity index is 1.89. The highest BCUT2D eigenvalue weighted by Crippen LogP contribution is 2.30. The van der Waals surface area contributed by atoms with Gasteiger partial charge in [-0.15, -0.1) is 11.3 Å². The third-order valence-corrected chi connectivity index (χ3v) is 5.47. The Morgan fingerprint density at radius 1 is 1.47 bits per heavy atom. The molecular weight excluding hydrogens is 408 g/mol. The topological polar surface area (TPSA) is 169 Å². The maximum atomic E-state index is 11.5. The van der Waals surface area contributed by atoms with Crippen LogP contribution < -0.4 is 11.5 Å². The minimum atomic E-state index is -0.772. The first-order valence-corrected chi connectivity index (χ1v) is 9.55. The van der Waals surface area contributed by atoms with Crippen molar-refractivity contribution >= 4 is 46.4 Å². The molecule has 3 aromatic rings. The van der Waals surface area contributed by atoms with Crippen LogP contribution in [0.5, 0.6) is 0 Å². The van der Waals surface area contributed by atoms with Crippen LogP contribution in [0.4, 0.5) is 0 Å². The Morgan fingerprint density at radius 3 is 2.90 bits per heavy atom. The quantitative estimate of drug-likeness (QED) is 0.261. The van der Waals surface area contributed by atoms with E-state index in [9.17, 15) is 9.59 Å². The molecule has 0 saturated carbocycles. The molecule has 0 unspecified atom stereocenters. The van der Waals surface area contributed by atoms with Gasteiger partial charge in [0.25, 0.3) is 5.91 Å². The van der Waals surface area contributed by atoms with Gasteiger partial charge in [0.1, 0.15) is 10.7 Å². The van der Waals surface area contributed by atoms with Gasteiger partial charge in [-0.25, -0.2) is 15.0 Å². The summed E-state index contributed by atoms with van der Waals surface area (Å²) in [5.74, 6) is -0.885. The third kappa shape index (κ3) is 4.12. The smallest absolute Gasteiger partial charge is 0.286 e. The molecule has 0 fully saturated rings. The lowest BCUT2D eigenvalue weighted by Gasteiger charge is -2.09. The summed E-state index contributed by atoms with van der Waals surface area (Å²) in [5, 5.41) is 13.2. The molecule has 0 aliphatic rings. The molecule has 0 aliphatic carbocycles. The number of aromatic nitrogens is 3. The average Bonchev–Trinajstić information content (AvgIpc) is 3.38. The Bertz CT molecular complexity index is 1170. The van der Waals surface area contributed by atoms with Crippen molar-refractivity contribution in [2.45, 2.75) is 19.9 Å². The standard InChI is InChI=1S/C18H20N8O3S/c1-10-12(6-23-26(9-27)7-13-15(17(21)28)29-8-22-13)16-18(25(10)2)24-14(30-16)5-11(20)3-4-19/h3-4,6,8-9,19H,5,7,20H2,1-2H3,(H2,21,28)/b11-3?,19-4?,23-6-. The zero-order valence-electron chi connectivity index (χ0n) is 16.3. The molecule has 156 valence electrons. The van der Waals surface area contributed by atoms with Crippen LogP contribution in [-0.4, -0.2) is 44.3 Å². The SMILES string of the molecule is Cc1c(/C=N\N(C=O)Cc2ncoc2C(N)=O)c2sc(CC(N)=CC=N)nc2n1C. The summed E-state index contributed by atoms with van der Waals surface area (Å²) in [6, 6.07) is 0. The van der Waals surface area contributed by atoms with Crippen LogP contribution in [0.3, 0.4) is 0 Å². The first kappa shape index (κ1) is 20.9. The highest BCUT2D eigenvalue weighted by atomic mass is 32.1. The van der Waals surface area contributed by atoms with Crippen molar-refractivity contribution in [3.05, 3.63) is 45.9 Å². The molecular formula is C18H20N8O3S. The lowest BCUT2D eigenvalue weighted by Crippen LogP contribution is -2.19. The number of hydrogen-bond donors (Lipinski definition) is 3. The molecule has 3 aromatic heterocycles. The summed E-state index contributed by atoms with van der Waals surface area (Å²) in [4.78, 5) is 31.3. The van der Waals surface area contributed by atoms with Gasteiger partial charge in [-0.1, -0.05) is 0 Å². The van der Waals surface area contributed by atoms with E-state index >= 15 is 0 Å². The second-order valence-corrected chi connectivity index (χ2v) is 7.43. The fraction of sp³-hybridized carbons (Fsp3) is 0.222. The Morgan fingerprint density at radius 2 is 2.23 bits per heavy atom. The van der Waals surface area contributed by atoms with Crippen molar-refractivity contribution in [2.75, 3.05) is 0 Å². The van der Waals surface area contributed by atoms with E-state index in [0.29, 0.717) is 18.5 Å². The molecule has 0 radical (unpaired) electrons. The van der Waals surface area contributed by atoms with Gasteiger partial charge >= 0.3 is 0 Å². The maximum absolute atomic E-state index is 11.5. The number of fused-ring (bicyclic) bond motifs is 1. The van der Waals surface area contributed by atoms with Gasteiger partial charge in [0.15, 0.2) is 12.0 Å². The van der Waals surface area contributed by atoms with Crippen LogP contribution in [0, 0.1) is 12.3 Å². The summed E-state index contributed by atoms with van der Waals surface area (Å²) >= 11 is 1.47. The summed E-state index contributed by atoms with van der Waals surface area (Å²) in [6.07, 6.45) is 6.27. The molecule has 0 atom stereocenters. The summed E-state index contributed by atoms with van der Waals surface area (Å²) in [6.45, 7) is 1.86. The lowest BCUT2D eigenvalue weighted by atomic mass is 10.3. The Kier molecular flexibility index (Phi) is 6.06. The molecule has 0 aromatic carbocycles. The van der Waals surface area contributed by atoms with E-state index in [1.54, 1.807) is 6.21 Å². The van der Waals surface area contributed by atoms with Gasteiger partial charge < -0.3 is 25.9 Å². The molecule has 3 heterocycles. The van der Waals surface area contributed by atoms with Crippen molar-refractivity contribution in [2.24, 2.45) is 23.6 Å². The van der Waals surface area contributed by atoms with Crippen LogP contribution in [0.25, 0.3) is 10.3 Å². The number of nitrogens with zero attached hydrogens (tertiary/aromatic N) is 5. The number of allylic oxidation sites excluding steroid dienone is 2. The fourth-order valence-corrected chi connectivity index (χ4v) is 3.99. The number of rotatable bonds is 9. The van der Waals surface area contributed by atoms with E-state index in [1.807, 2.05) is 18.5 Å². The van der Waals surface area contributed by atoms with Crippen LogP contribution in [0.2, 0.25) is 0 Å². The van der Waals surface area contributed by atoms with Crippen molar-refractivity contribution in [1.29, 1.82) is 5.41 Å². The van der Waals surface area contributed by atoms with Crippen molar-refractivity contribution < 1.29 is 14.0 Å². The van der Waals surface area contributed by atoms with E-state index in [0.717, 1.165) is 44.2 Å². The third-order valence-electron chi connectivity index (χ3n) is 4.40. The molecule has 3 rings (SSSR count). The van der Waals surface area contributed by atoms with Gasteiger partial charge in [-0.05, 0) is 13.0 Å². The maximum Gasteiger partial charge on any atom is 0.286 e. The minimum Gasteiger partial charge on any atom is -0.438 e. The number of nitrogens with two attached hydrogens (primary N) is 2. The molecule has 5 N–H and O–H groups in total. The van der Waals surface area contributed by atoms with Gasteiger partial charge in [0, 0.05) is 36.6 Å². The van der Waals surface area contributed by atoms with E-state index in [2.05, 4.69) is 15.1 Å². The minimum absolute atomic E-state index is 0.0668. The van der Waals surface area contributed by atoms with E-state index in [-0.39, 0.29) is 18.0 Å². The molecule has 0 bridgehead atoms. The van der Waals surface area contributed by atoms with E-state index in [1.165, 1.54) is 17.4 Å². The number of thiazole rings is 1. The number of nitrogens with one attached hydrogen (secondary N) is 1. The average molecular weight is 428 g/mol. The molecule has 0 spiro atoms. The predicted molar refractivity (Wildman–Crippen MR) is 112 cm³/mol. The number of hydrogen-bond acceptors (Lipinski definition) is 9. The highest BCUT2D eigenvalue weighted by Gasteiger charge is 2.18. The highest BCUT2D eigenvalue weighted by molar-refractivity contribution is 7.19. The zero-order valence-corrected chi connectivity index (χ0v) is 17.1. The van der Waals surface area contributed by atoms with Crippen LogP contribution in [0.1, 0.15) is 32.5 Å². The second-order valence-electron chi connectivity index (χ2n) is 6.34. The van der Waals surface area contributed by atoms with Gasteiger partial charge in [0.05, 0.1) is 17.5 Å². The number of aryl methyl sites for hydroxylation is 1. The lowest BCUT2D eigenvalue weighted by molar-refractivity contribution is -0.118. The number of amides is 2. The molecule has 11 nitrogen and oxygen atoms in total. The van der Waals surface area contributed by atoms with E-state index < -0.39 is 5.91 Å². The monoisotopic (exact) mass is 428 g/mol. The Labute approximate surface area is 175 Å². The van der Waals surface area contributed by atoms with Gasteiger partial charge in [-0.2, -0.15) is 5.10 Å². The zero-order chi connectivity index (χ0) is 21.8. The van der Waals surface area contributed by atoms with Gasteiger partial charge in [0.2, 0.25) is 12.2 Å². The molecule has 0 saturated heterocycles. The number of hydrazone groups is 1. The van der Waals surface area contributed by atoms with Crippen molar-refractivity contribution in [3.8, 4) is 0 Å².